The number of nitrogens with one attached hydrogen (secondary N) is 1. The summed E-state index contributed by atoms with van der Waals surface area (Å²) < 4.78 is 0. The second-order valence-electron chi connectivity index (χ2n) is 4.51. The predicted molar refractivity (Wildman–Crippen MR) is 57.9 cm³/mol. The van der Waals surface area contributed by atoms with Gasteiger partial charge in [-0.15, -0.1) is 0 Å². The highest BCUT2D eigenvalue weighted by atomic mass is 79.9. The summed E-state index contributed by atoms with van der Waals surface area (Å²) in [7, 11) is 0. The second-order valence-corrected chi connectivity index (χ2v) is 5.07. The zero-order valence-electron chi connectivity index (χ0n) is 8.40. The van der Waals surface area contributed by atoms with Crippen LogP contribution in [0.5, 0.6) is 0 Å². The topological polar surface area (TPSA) is 29.1 Å². The van der Waals surface area contributed by atoms with Gasteiger partial charge in [-0.05, 0) is 24.2 Å². The third kappa shape index (κ3) is 3.67. The third-order valence-corrected chi connectivity index (χ3v) is 3.68. The Kier molecular flexibility index (Phi) is 3.77. The molecular weight excluding hydrogens is 230 g/mol. The Morgan fingerprint density at radius 1 is 1.54 bits per heavy atom. The van der Waals surface area contributed by atoms with Gasteiger partial charge in [-0.1, -0.05) is 29.8 Å². The predicted octanol–water partition coefficient (Wildman–Crippen LogP) is 2.32. The highest BCUT2D eigenvalue weighted by Gasteiger charge is 2.41. The van der Waals surface area contributed by atoms with Gasteiger partial charge in [0.25, 0.3) is 0 Å². The summed E-state index contributed by atoms with van der Waals surface area (Å²) in [6, 6.07) is 0. The van der Waals surface area contributed by atoms with Crippen LogP contribution in [0.25, 0.3) is 0 Å². The molecule has 1 aliphatic carbocycles. The highest BCUT2D eigenvalue weighted by Crippen LogP contribution is 2.46. The molecule has 1 amide bonds. The van der Waals surface area contributed by atoms with Gasteiger partial charge in [0.1, 0.15) is 0 Å². The summed E-state index contributed by atoms with van der Waals surface area (Å²) in [5, 5.41) is 4.01. The van der Waals surface area contributed by atoms with Crippen LogP contribution < -0.4 is 5.32 Å². The van der Waals surface area contributed by atoms with E-state index in [4.69, 9.17) is 0 Å². The number of hydrogen-bond donors (Lipinski definition) is 1. The molecule has 1 fully saturated rings. The van der Waals surface area contributed by atoms with Gasteiger partial charge in [0.15, 0.2) is 0 Å². The molecule has 2 nitrogen and oxygen atoms in total. The van der Waals surface area contributed by atoms with Gasteiger partial charge in [-0.2, -0.15) is 0 Å². The smallest absolute Gasteiger partial charge is 0.220 e. The quantitative estimate of drug-likeness (QED) is 0.743. The molecule has 0 atom stereocenters. The molecule has 1 aliphatic rings. The molecule has 76 valence electrons. The summed E-state index contributed by atoms with van der Waals surface area (Å²) in [6.07, 6.45) is 3.15. The minimum Gasteiger partial charge on any atom is -0.356 e. The molecule has 0 spiro atoms. The van der Waals surface area contributed by atoms with Crippen LogP contribution in [0.15, 0.2) is 0 Å². The van der Waals surface area contributed by atoms with E-state index in [2.05, 4.69) is 35.1 Å². The van der Waals surface area contributed by atoms with Gasteiger partial charge in [-0.3, -0.25) is 4.79 Å². The normalized spacial score (nSPS) is 18.8. The number of amides is 1. The second kappa shape index (κ2) is 4.45. The van der Waals surface area contributed by atoms with Crippen molar-refractivity contribution in [2.45, 2.75) is 33.1 Å². The summed E-state index contributed by atoms with van der Waals surface area (Å²) in [5.74, 6) is 0.654. The first-order valence-corrected chi connectivity index (χ1v) is 6.03. The summed E-state index contributed by atoms with van der Waals surface area (Å²) >= 11 is 3.48. The number of carbonyl (C=O) groups is 1. The third-order valence-electron chi connectivity index (χ3n) is 2.49. The number of carbonyl (C=O) groups excluding carboxylic acids is 1. The summed E-state index contributed by atoms with van der Waals surface area (Å²) in [6.45, 7) is 4.98. The highest BCUT2D eigenvalue weighted by molar-refractivity contribution is 9.09. The van der Waals surface area contributed by atoms with Crippen molar-refractivity contribution in [1.29, 1.82) is 0 Å². The first kappa shape index (κ1) is 11.0. The van der Waals surface area contributed by atoms with E-state index in [1.807, 2.05) is 0 Å². The van der Waals surface area contributed by atoms with E-state index in [-0.39, 0.29) is 5.91 Å². The van der Waals surface area contributed by atoms with Crippen LogP contribution in [0.3, 0.4) is 0 Å². The Balaban J connectivity index is 2.15. The van der Waals surface area contributed by atoms with E-state index >= 15 is 0 Å². The summed E-state index contributed by atoms with van der Waals surface area (Å²) in [4.78, 5) is 11.3. The van der Waals surface area contributed by atoms with E-state index < -0.39 is 0 Å². The van der Waals surface area contributed by atoms with Crippen LogP contribution in [0.4, 0.5) is 0 Å². The summed E-state index contributed by atoms with van der Waals surface area (Å²) in [5.41, 5.74) is 0.395. The lowest BCUT2D eigenvalue weighted by Gasteiger charge is -2.13. The SMILES string of the molecule is CC(C)CC(=O)NCC1(CBr)CC1. The van der Waals surface area contributed by atoms with Gasteiger partial charge in [-0.25, -0.2) is 0 Å². The van der Waals surface area contributed by atoms with E-state index in [9.17, 15) is 4.79 Å². The zero-order chi connectivity index (χ0) is 9.90. The largest absolute Gasteiger partial charge is 0.356 e. The maximum absolute atomic E-state index is 11.3. The van der Waals surface area contributed by atoms with Crippen molar-refractivity contribution >= 4 is 21.8 Å². The molecule has 0 heterocycles. The molecule has 0 aliphatic heterocycles. The Morgan fingerprint density at radius 2 is 2.15 bits per heavy atom. The zero-order valence-corrected chi connectivity index (χ0v) is 9.99. The van der Waals surface area contributed by atoms with Crippen molar-refractivity contribution in [2.75, 3.05) is 11.9 Å². The molecular formula is C10H18BrNO. The molecule has 0 radical (unpaired) electrons. The minimum absolute atomic E-state index is 0.197. The van der Waals surface area contributed by atoms with Crippen molar-refractivity contribution < 1.29 is 4.79 Å². The fraction of sp³-hybridized carbons (Fsp3) is 0.900. The Labute approximate surface area is 88.6 Å². The monoisotopic (exact) mass is 247 g/mol. The molecule has 3 heteroatoms. The number of hydrogen-bond acceptors (Lipinski definition) is 1. The molecule has 0 saturated heterocycles. The molecule has 0 unspecified atom stereocenters. The fourth-order valence-corrected chi connectivity index (χ4v) is 2.02. The molecule has 0 aromatic heterocycles. The molecule has 0 bridgehead atoms. The standard InChI is InChI=1S/C10H18BrNO/c1-8(2)5-9(13)12-7-10(6-11)3-4-10/h8H,3-7H2,1-2H3,(H,12,13). The van der Waals surface area contributed by atoms with Gasteiger partial charge in [0.2, 0.25) is 5.91 Å². The van der Waals surface area contributed by atoms with Crippen LogP contribution in [0, 0.1) is 11.3 Å². The molecule has 1 saturated carbocycles. The lowest BCUT2D eigenvalue weighted by Crippen LogP contribution is -2.31. The van der Waals surface area contributed by atoms with Crippen molar-refractivity contribution in [3.8, 4) is 0 Å². The van der Waals surface area contributed by atoms with Gasteiger partial charge >= 0.3 is 0 Å². The Morgan fingerprint density at radius 3 is 2.54 bits per heavy atom. The number of alkyl halides is 1. The molecule has 1 rings (SSSR count). The van der Waals surface area contributed by atoms with E-state index in [0.717, 1.165) is 11.9 Å². The van der Waals surface area contributed by atoms with Crippen molar-refractivity contribution in [1.82, 2.24) is 5.32 Å². The van der Waals surface area contributed by atoms with E-state index in [1.54, 1.807) is 0 Å². The minimum atomic E-state index is 0.197. The van der Waals surface area contributed by atoms with Crippen molar-refractivity contribution in [3.63, 3.8) is 0 Å². The maximum atomic E-state index is 11.3. The molecule has 0 aromatic carbocycles. The number of halogens is 1. The van der Waals surface area contributed by atoms with Crippen LogP contribution in [0.1, 0.15) is 33.1 Å². The van der Waals surface area contributed by atoms with Crippen LogP contribution in [0.2, 0.25) is 0 Å². The molecule has 13 heavy (non-hydrogen) atoms. The average Bonchev–Trinajstić information content (AvgIpc) is 2.80. The van der Waals surface area contributed by atoms with Crippen molar-refractivity contribution in [3.05, 3.63) is 0 Å². The van der Waals surface area contributed by atoms with Gasteiger partial charge in [0, 0.05) is 18.3 Å². The van der Waals surface area contributed by atoms with Crippen LogP contribution in [-0.2, 0) is 4.79 Å². The fourth-order valence-electron chi connectivity index (χ4n) is 1.26. The lowest BCUT2D eigenvalue weighted by atomic mass is 10.1. The Bertz CT molecular complexity index is 187. The van der Waals surface area contributed by atoms with Gasteiger partial charge in [0.05, 0.1) is 0 Å². The lowest BCUT2D eigenvalue weighted by molar-refractivity contribution is -0.122. The van der Waals surface area contributed by atoms with E-state index in [1.165, 1.54) is 12.8 Å². The Hall–Kier alpha value is -0.0500. The molecule has 1 N–H and O–H groups in total. The first-order chi connectivity index (χ1) is 6.08. The van der Waals surface area contributed by atoms with Gasteiger partial charge < -0.3 is 5.32 Å². The first-order valence-electron chi connectivity index (χ1n) is 4.91. The average molecular weight is 248 g/mol. The van der Waals surface area contributed by atoms with E-state index in [0.29, 0.717) is 17.8 Å². The maximum Gasteiger partial charge on any atom is 0.220 e. The van der Waals surface area contributed by atoms with Crippen LogP contribution >= 0.6 is 15.9 Å². The van der Waals surface area contributed by atoms with Crippen molar-refractivity contribution in [2.24, 2.45) is 11.3 Å². The molecule has 0 aromatic rings. The van der Waals surface area contributed by atoms with Crippen LogP contribution in [-0.4, -0.2) is 17.8 Å². The number of rotatable bonds is 5.